The number of benzene rings is 2. The van der Waals surface area contributed by atoms with Gasteiger partial charge in [0.25, 0.3) is 5.91 Å². The third kappa shape index (κ3) is 4.92. The lowest BCUT2D eigenvalue weighted by molar-refractivity contribution is -0.114. The van der Waals surface area contributed by atoms with Crippen molar-refractivity contribution in [2.75, 3.05) is 5.32 Å². The van der Waals surface area contributed by atoms with Gasteiger partial charge in [-0.3, -0.25) is 9.59 Å². The van der Waals surface area contributed by atoms with Gasteiger partial charge in [-0.05, 0) is 56.3 Å². The highest BCUT2D eigenvalue weighted by Crippen LogP contribution is 2.22. The number of aromatic nitrogens is 1. The van der Waals surface area contributed by atoms with Crippen LogP contribution in [0.15, 0.2) is 47.5 Å². The number of rotatable bonds is 5. The van der Waals surface area contributed by atoms with Gasteiger partial charge in [-0.25, -0.2) is 0 Å². The highest BCUT2D eigenvalue weighted by atomic mass is 32.1. The van der Waals surface area contributed by atoms with Gasteiger partial charge in [0.2, 0.25) is 5.91 Å². The second-order valence-corrected chi connectivity index (χ2v) is 7.66. The second kappa shape index (κ2) is 8.76. The fourth-order valence-electron chi connectivity index (χ4n) is 2.78. The molecule has 0 unspecified atom stereocenters. The lowest BCUT2D eigenvalue weighted by Crippen LogP contribution is -2.16. The number of hydrogen-bond acceptors (Lipinski definition) is 4. The Morgan fingerprint density at radius 2 is 1.97 bits per heavy atom. The molecule has 0 bridgehead atoms. The molecule has 1 aromatic heterocycles. The van der Waals surface area contributed by atoms with Gasteiger partial charge in [0, 0.05) is 18.2 Å². The fraction of sp³-hybridized carbons (Fsp3) is 0.227. The van der Waals surface area contributed by atoms with E-state index in [1.807, 2.05) is 30.5 Å². The summed E-state index contributed by atoms with van der Waals surface area (Å²) >= 11 is 1.34. The van der Waals surface area contributed by atoms with Crippen molar-refractivity contribution in [3.05, 3.63) is 52.8 Å². The molecule has 6 nitrogen and oxygen atoms in total. The summed E-state index contributed by atoms with van der Waals surface area (Å²) in [6.45, 7) is 5.62. The third-order valence-electron chi connectivity index (χ3n) is 3.92. The van der Waals surface area contributed by atoms with Gasteiger partial charge in [0.15, 0.2) is 4.80 Å². The first kappa shape index (κ1) is 20.4. The summed E-state index contributed by atoms with van der Waals surface area (Å²) in [7, 11) is 0. The van der Waals surface area contributed by atoms with E-state index >= 15 is 0 Å². The Kier molecular flexibility index (Phi) is 6.15. The van der Waals surface area contributed by atoms with E-state index in [1.54, 1.807) is 30.3 Å². The van der Waals surface area contributed by atoms with E-state index in [-0.39, 0.29) is 24.5 Å². The molecule has 0 aliphatic rings. The summed E-state index contributed by atoms with van der Waals surface area (Å²) in [5, 5.41) is 2.75. The molecule has 148 valence electrons. The molecule has 0 atom stereocenters. The highest BCUT2D eigenvalue weighted by molar-refractivity contribution is 7.16. The van der Waals surface area contributed by atoms with Crippen LogP contribution in [0.2, 0.25) is 0 Å². The van der Waals surface area contributed by atoms with Gasteiger partial charge in [-0.1, -0.05) is 17.3 Å². The maximum absolute atomic E-state index is 12.7. The van der Waals surface area contributed by atoms with Crippen molar-refractivity contribution in [1.29, 1.82) is 0 Å². The third-order valence-corrected chi connectivity index (χ3v) is 4.96. The lowest BCUT2D eigenvalue weighted by atomic mass is 10.2. The van der Waals surface area contributed by atoms with E-state index in [1.165, 1.54) is 18.3 Å². The van der Waals surface area contributed by atoms with Crippen LogP contribution < -0.4 is 14.9 Å². The number of carbonyl (C=O) groups excluding carboxylic acids is 2. The molecule has 2 amide bonds. The van der Waals surface area contributed by atoms with E-state index in [4.69, 9.17) is 11.2 Å². The Labute approximate surface area is 172 Å². The summed E-state index contributed by atoms with van der Waals surface area (Å²) in [6.07, 6.45) is 5.57. The van der Waals surface area contributed by atoms with Crippen molar-refractivity contribution in [3.63, 3.8) is 0 Å². The van der Waals surface area contributed by atoms with Crippen LogP contribution in [0.4, 0.5) is 5.69 Å². The maximum atomic E-state index is 12.7. The van der Waals surface area contributed by atoms with Crippen molar-refractivity contribution in [2.24, 2.45) is 4.99 Å². The van der Waals surface area contributed by atoms with Crippen LogP contribution >= 0.6 is 11.3 Å². The van der Waals surface area contributed by atoms with Crippen LogP contribution in [0.3, 0.4) is 0 Å². The zero-order valence-electron chi connectivity index (χ0n) is 16.4. The molecule has 0 saturated carbocycles. The zero-order chi connectivity index (χ0) is 21.0. The Balaban J connectivity index is 1.99. The maximum Gasteiger partial charge on any atom is 0.279 e. The molecule has 3 aromatic rings. The Hall–Kier alpha value is -3.37. The van der Waals surface area contributed by atoms with Gasteiger partial charge in [0.05, 0.1) is 22.9 Å². The SMILES string of the molecule is C#CCn1c(=NC(=O)c2ccc(OC(C)C)cc2)sc2cc(NC(C)=O)ccc21. The summed E-state index contributed by atoms with van der Waals surface area (Å²) in [5.74, 6) is 2.79. The molecule has 0 aliphatic heterocycles. The first-order valence-corrected chi connectivity index (χ1v) is 9.89. The van der Waals surface area contributed by atoms with Crippen LogP contribution in [0.1, 0.15) is 31.1 Å². The number of terminal acetylenes is 1. The van der Waals surface area contributed by atoms with E-state index in [9.17, 15) is 9.59 Å². The average Bonchev–Trinajstić information content (AvgIpc) is 2.98. The molecule has 2 aromatic carbocycles. The predicted octanol–water partition coefficient (Wildman–Crippen LogP) is 3.82. The average molecular weight is 407 g/mol. The van der Waals surface area contributed by atoms with Crippen LogP contribution in [0.25, 0.3) is 10.2 Å². The Morgan fingerprint density at radius 1 is 1.24 bits per heavy atom. The number of anilines is 1. The zero-order valence-corrected chi connectivity index (χ0v) is 17.2. The van der Waals surface area contributed by atoms with Crippen molar-refractivity contribution < 1.29 is 14.3 Å². The number of carbonyl (C=O) groups is 2. The molecule has 0 radical (unpaired) electrons. The topological polar surface area (TPSA) is 72.7 Å². The molecule has 1 heterocycles. The monoisotopic (exact) mass is 407 g/mol. The van der Waals surface area contributed by atoms with Gasteiger partial charge in [-0.2, -0.15) is 4.99 Å². The number of ether oxygens (including phenoxy) is 1. The molecule has 7 heteroatoms. The number of amides is 2. The number of fused-ring (bicyclic) bond motifs is 1. The van der Waals surface area contributed by atoms with Crippen molar-refractivity contribution in [3.8, 4) is 18.1 Å². The number of nitrogens with one attached hydrogen (secondary N) is 1. The normalized spacial score (nSPS) is 11.5. The minimum Gasteiger partial charge on any atom is -0.491 e. The van der Waals surface area contributed by atoms with Gasteiger partial charge < -0.3 is 14.6 Å². The van der Waals surface area contributed by atoms with Crippen LogP contribution in [0, 0.1) is 12.3 Å². The van der Waals surface area contributed by atoms with Crippen molar-refractivity contribution in [1.82, 2.24) is 4.57 Å². The standard InChI is InChI=1S/C22H21N3O3S/c1-5-12-25-19-11-8-17(23-15(4)26)13-20(19)29-22(25)24-21(27)16-6-9-18(10-7-16)28-14(2)3/h1,6-11,13-14H,12H2,2-4H3,(H,23,26). The number of nitrogens with zero attached hydrogens (tertiary/aromatic N) is 2. The number of hydrogen-bond donors (Lipinski definition) is 1. The quantitative estimate of drug-likeness (QED) is 0.654. The van der Waals surface area contributed by atoms with Gasteiger partial charge in [0.1, 0.15) is 5.75 Å². The van der Waals surface area contributed by atoms with Gasteiger partial charge in [-0.15, -0.1) is 6.42 Å². The molecule has 29 heavy (non-hydrogen) atoms. The fourth-order valence-corrected chi connectivity index (χ4v) is 3.85. The summed E-state index contributed by atoms with van der Waals surface area (Å²) < 4.78 is 8.29. The molecular weight excluding hydrogens is 386 g/mol. The molecular formula is C22H21N3O3S. The molecule has 1 N–H and O–H groups in total. The van der Waals surface area contributed by atoms with Crippen LogP contribution in [-0.2, 0) is 11.3 Å². The molecule has 0 fully saturated rings. The summed E-state index contributed by atoms with van der Waals surface area (Å²) in [6, 6.07) is 12.4. The van der Waals surface area contributed by atoms with Crippen molar-refractivity contribution >= 4 is 39.1 Å². The number of thiazole rings is 1. The van der Waals surface area contributed by atoms with Crippen molar-refractivity contribution in [2.45, 2.75) is 33.4 Å². The lowest BCUT2D eigenvalue weighted by Gasteiger charge is -2.09. The minimum atomic E-state index is -0.361. The van der Waals surface area contributed by atoms with Crippen LogP contribution in [-0.4, -0.2) is 22.5 Å². The van der Waals surface area contributed by atoms with E-state index in [0.29, 0.717) is 21.8 Å². The smallest absolute Gasteiger partial charge is 0.279 e. The van der Waals surface area contributed by atoms with E-state index < -0.39 is 0 Å². The minimum absolute atomic E-state index is 0.0601. The Bertz CT molecular complexity index is 1160. The molecule has 0 saturated heterocycles. The largest absolute Gasteiger partial charge is 0.491 e. The predicted molar refractivity (Wildman–Crippen MR) is 115 cm³/mol. The second-order valence-electron chi connectivity index (χ2n) is 6.65. The van der Waals surface area contributed by atoms with E-state index in [0.717, 1.165) is 10.2 Å². The highest BCUT2D eigenvalue weighted by Gasteiger charge is 2.10. The molecule has 0 spiro atoms. The summed E-state index contributed by atoms with van der Waals surface area (Å²) in [5.41, 5.74) is 2.00. The molecule has 0 aliphatic carbocycles. The summed E-state index contributed by atoms with van der Waals surface area (Å²) in [4.78, 5) is 28.8. The van der Waals surface area contributed by atoms with Gasteiger partial charge >= 0.3 is 0 Å². The van der Waals surface area contributed by atoms with E-state index in [2.05, 4.69) is 16.2 Å². The Morgan fingerprint density at radius 3 is 2.59 bits per heavy atom. The first-order chi connectivity index (χ1) is 13.9. The first-order valence-electron chi connectivity index (χ1n) is 9.07. The molecule has 3 rings (SSSR count). The van der Waals surface area contributed by atoms with Crippen LogP contribution in [0.5, 0.6) is 5.75 Å².